The van der Waals surface area contributed by atoms with E-state index < -0.39 is 22.8 Å². The number of allylic oxidation sites excluding steroid dienone is 2. The monoisotopic (exact) mass is 479 g/mol. The summed E-state index contributed by atoms with van der Waals surface area (Å²) in [4.78, 5) is 29.9. The van der Waals surface area contributed by atoms with Gasteiger partial charge in [-0.15, -0.1) is 0 Å². The van der Waals surface area contributed by atoms with Crippen LogP contribution in [0, 0.1) is 56.8 Å². The van der Waals surface area contributed by atoms with Gasteiger partial charge in [-0.05, 0) is 90.8 Å². The third kappa shape index (κ3) is 2.96. The number of carboxylic acids is 1. The van der Waals surface area contributed by atoms with Crippen LogP contribution >= 0.6 is 0 Å². The fourth-order valence-electron chi connectivity index (χ4n) is 10.7. The van der Waals surface area contributed by atoms with Gasteiger partial charge >= 0.3 is 5.97 Å². The molecular formula is C31H45NO3. The minimum absolute atomic E-state index is 0.0276. The summed E-state index contributed by atoms with van der Waals surface area (Å²) in [6.07, 6.45) is 10.7. The zero-order chi connectivity index (χ0) is 25.8. The molecule has 8 atom stereocenters. The summed E-state index contributed by atoms with van der Waals surface area (Å²) in [5.74, 6) is 0.383. The van der Waals surface area contributed by atoms with E-state index in [4.69, 9.17) is 6.57 Å². The number of carbonyl (C=O) groups is 2. The minimum Gasteiger partial charge on any atom is -0.481 e. The van der Waals surface area contributed by atoms with Gasteiger partial charge < -0.3 is 9.95 Å². The molecule has 4 saturated carbocycles. The lowest BCUT2D eigenvalue weighted by molar-refractivity contribution is -0.189. The van der Waals surface area contributed by atoms with Crippen molar-refractivity contribution < 1.29 is 14.7 Å². The molecule has 0 aromatic rings. The molecule has 0 amide bonds. The summed E-state index contributed by atoms with van der Waals surface area (Å²) in [5.41, 5.74) is 0.496. The first-order valence-electron chi connectivity index (χ1n) is 13.9. The number of aliphatic carboxylic acids is 1. The Labute approximate surface area is 212 Å². The van der Waals surface area contributed by atoms with Crippen molar-refractivity contribution in [3.05, 3.63) is 23.1 Å². The van der Waals surface area contributed by atoms with E-state index in [1.54, 1.807) is 0 Å². The maximum absolute atomic E-state index is 13.2. The summed E-state index contributed by atoms with van der Waals surface area (Å²) in [6, 6.07) is -0.531. The highest BCUT2D eigenvalue weighted by Gasteiger charge is 2.71. The van der Waals surface area contributed by atoms with E-state index in [0.717, 1.165) is 51.4 Å². The van der Waals surface area contributed by atoms with E-state index >= 15 is 0 Å². The van der Waals surface area contributed by atoms with Gasteiger partial charge in [0, 0.05) is 11.8 Å². The smallest absolute Gasteiger partial charge is 0.310 e. The number of hydrogen-bond donors (Lipinski definition) is 1. The Morgan fingerprint density at radius 2 is 1.63 bits per heavy atom. The van der Waals surface area contributed by atoms with Gasteiger partial charge in [0.2, 0.25) is 5.78 Å². The quantitative estimate of drug-likeness (QED) is 0.316. The lowest BCUT2D eigenvalue weighted by Gasteiger charge is -2.70. The van der Waals surface area contributed by atoms with Crippen LogP contribution in [0.3, 0.4) is 0 Å². The van der Waals surface area contributed by atoms with Gasteiger partial charge in [0.1, 0.15) is 0 Å². The maximum atomic E-state index is 13.2. The van der Waals surface area contributed by atoms with E-state index in [-0.39, 0.29) is 33.4 Å². The molecule has 35 heavy (non-hydrogen) atoms. The first kappa shape index (κ1) is 25.0. The standard InChI is InChI=1S/C31H45NO3/c1-26(2)13-15-31(25(34)35)16-14-29(6)19(20(31)17-26)9-10-23-28(5)18-21(32-8)24(33)27(3,4)22(28)11-12-30(23,29)7/h9,20-23H,10-18H2,1-7H3,(H,34,35)/t20-,21?,22-,23+,28-,29+,30+,31-/m0/s1. The topological polar surface area (TPSA) is 58.7 Å². The van der Waals surface area contributed by atoms with E-state index in [9.17, 15) is 14.7 Å². The summed E-state index contributed by atoms with van der Waals surface area (Å²) >= 11 is 0. The van der Waals surface area contributed by atoms with Crippen LogP contribution in [-0.4, -0.2) is 22.9 Å². The molecule has 0 spiro atoms. The Bertz CT molecular complexity index is 1050. The third-order valence-electron chi connectivity index (χ3n) is 12.9. The first-order valence-corrected chi connectivity index (χ1v) is 13.9. The Morgan fingerprint density at radius 3 is 2.26 bits per heavy atom. The van der Waals surface area contributed by atoms with Crippen LogP contribution in [0.1, 0.15) is 106 Å². The highest BCUT2D eigenvalue weighted by molar-refractivity contribution is 5.92. The Hall–Kier alpha value is -1.63. The number of nitrogens with zero attached hydrogens (tertiary/aromatic N) is 1. The minimum atomic E-state index is -0.612. The number of carbonyl (C=O) groups excluding carboxylic acids is 1. The molecular weight excluding hydrogens is 434 g/mol. The molecule has 5 rings (SSSR count). The van der Waals surface area contributed by atoms with Crippen LogP contribution in [0.4, 0.5) is 0 Å². The predicted molar refractivity (Wildman–Crippen MR) is 137 cm³/mol. The molecule has 0 saturated heterocycles. The molecule has 0 bridgehead atoms. The van der Waals surface area contributed by atoms with Gasteiger partial charge in [0.25, 0.3) is 6.04 Å². The van der Waals surface area contributed by atoms with Crippen LogP contribution in [0.25, 0.3) is 4.85 Å². The highest BCUT2D eigenvalue weighted by Crippen LogP contribution is 2.75. The Balaban J connectivity index is 1.62. The van der Waals surface area contributed by atoms with E-state index in [2.05, 4.69) is 59.4 Å². The zero-order valence-corrected chi connectivity index (χ0v) is 23.0. The second-order valence-electron chi connectivity index (χ2n) is 15.1. The highest BCUT2D eigenvalue weighted by atomic mass is 16.4. The SMILES string of the molecule is [C-]#[N+]C1C[C@]2(C)[C@H]3CC=C4[C@@H]5CC(C)(C)CC[C@]5(C(=O)O)CC[C@@]4(C)[C@]3(C)CC[C@H]2C(C)(C)C1=O. The summed E-state index contributed by atoms with van der Waals surface area (Å²) in [5, 5.41) is 10.5. The van der Waals surface area contributed by atoms with Crippen LogP contribution in [0.5, 0.6) is 0 Å². The van der Waals surface area contributed by atoms with Crippen LogP contribution in [0.15, 0.2) is 11.6 Å². The van der Waals surface area contributed by atoms with Crippen molar-refractivity contribution in [3.8, 4) is 0 Å². The molecule has 5 aliphatic rings. The van der Waals surface area contributed by atoms with Gasteiger partial charge in [-0.25, -0.2) is 6.57 Å². The van der Waals surface area contributed by atoms with Crippen molar-refractivity contribution in [1.29, 1.82) is 0 Å². The van der Waals surface area contributed by atoms with Gasteiger partial charge in [0.15, 0.2) is 0 Å². The van der Waals surface area contributed by atoms with Gasteiger partial charge in [-0.3, -0.25) is 9.59 Å². The molecule has 1 N–H and O–H groups in total. The fraction of sp³-hybridized carbons (Fsp3) is 0.839. The predicted octanol–water partition coefficient (Wildman–Crippen LogP) is 7.34. The summed E-state index contributed by atoms with van der Waals surface area (Å²) < 4.78 is 0. The summed E-state index contributed by atoms with van der Waals surface area (Å²) in [6.45, 7) is 24.0. The largest absolute Gasteiger partial charge is 0.481 e. The molecule has 0 aliphatic heterocycles. The molecule has 4 fully saturated rings. The van der Waals surface area contributed by atoms with Crippen LogP contribution in [0.2, 0.25) is 0 Å². The van der Waals surface area contributed by atoms with Crippen molar-refractivity contribution in [2.24, 2.45) is 50.2 Å². The van der Waals surface area contributed by atoms with E-state index in [0.29, 0.717) is 18.3 Å². The Kier molecular flexibility index (Phi) is 5.17. The van der Waals surface area contributed by atoms with Gasteiger partial charge in [0.05, 0.1) is 5.41 Å². The molecule has 0 aromatic heterocycles. The number of ketones is 1. The number of rotatable bonds is 1. The number of hydrogen-bond acceptors (Lipinski definition) is 2. The van der Waals surface area contributed by atoms with E-state index in [1.807, 2.05) is 0 Å². The van der Waals surface area contributed by atoms with Crippen molar-refractivity contribution in [1.82, 2.24) is 0 Å². The van der Waals surface area contributed by atoms with Crippen molar-refractivity contribution in [3.63, 3.8) is 0 Å². The number of fused-ring (bicyclic) bond motifs is 7. The first-order chi connectivity index (χ1) is 16.1. The molecule has 4 heteroatoms. The molecule has 0 radical (unpaired) electrons. The van der Waals surface area contributed by atoms with Gasteiger partial charge in [-0.1, -0.05) is 60.1 Å². The number of Topliss-reactive ketones (excluding diaryl/α,β-unsaturated/α-hetero) is 1. The summed E-state index contributed by atoms with van der Waals surface area (Å²) in [7, 11) is 0. The zero-order valence-electron chi connectivity index (χ0n) is 23.0. The maximum Gasteiger partial charge on any atom is 0.310 e. The van der Waals surface area contributed by atoms with Crippen LogP contribution in [-0.2, 0) is 9.59 Å². The van der Waals surface area contributed by atoms with E-state index in [1.165, 1.54) is 5.57 Å². The second-order valence-corrected chi connectivity index (χ2v) is 15.1. The number of carboxylic acid groups (broad SMARTS) is 1. The van der Waals surface area contributed by atoms with Crippen molar-refractivity contribution >= 4 is 11.8 Å². The average molecular weight is 480 g/mol. The fourth-order valence-corrected chi connectivity index (χ4v) is 10.7. The third-order valence-corrected chi connectivity index (χ3v) is 12.9. The molecule has 5 aliphatic carbocycles. The van der Waals surface area contributed by atoms with Crippen LogP contribution < -0.4 is 0 Å². The Morgan fingerprint density at radius 1 is 0.971 bits per heavy atom. The second kappa shape index (κ2) is 7.23. The van der Waals surface area contributed by atoms with Gasteiger partial charge in [-0.2, -0.15) is 0 Å². The molecule has 1 unspecified atom stereocenters. The average Bonchev–Trinajstić information content (AvgIpc) is 2.76. The lowest BCUT2D eigenvalue weighted by Crippen LogP contribution is -2.66. The van der Waals surface area contributed by atoms with Crippen molar-refractivity contribution in [2.45, 2.75) is 112 Å². The molecule has 0 heterocycles. The normalized spacial score (nSPS) is 49.9. The lowest BCUT2D eigenvalue weighted by atomic mass is 9.33. The molecule has 0 aromatic carbocycles. The van der Waals surface area contributed by atoms with Crippen molar-refractivity contribution in [2.75, 3.05) is 0 Å². The molecule has 192 valence electrons. The molecule has 4 nitrogen and oxygen atoms in total.